The predicted octanol–water partition coefficient (Wildman–Crippen LogP) is 2.66. The third-order valence-electron chi connectivity index (χ3n) is 4.82. The topological polar surface area (TPSA) is 102 Å². The fourth-order valence-corrected chi connectivity index (χ4v) is 4.99. The Morgan fingerprint density at radius 1 is 1.10 bits per heavy atom. The first-order chi connectivity index (χ1) is 14.4. The van der Waals surface area contributed by atoms with Crippen LogP contribution < -0.4 is 10.1 Å². The predicted molar refractivity (Wildman–Crippen MR) is 111 cm³/mol. The highest BCUT2D eigenvalue weighted by molar-refractivity contribution is 7.89. The second-order valence-corrected chi connectivity index (χ2v) is 8.63. The monoisotopic (exact) mass is 432 g/mol. The summed E-state index contributed by atoms with van der Waals surface area (Å²) in [7, 11) is -2.53. The van der Waals surface area contributed by atoms with Crippen LogP contribution in [0.1, 0.15) is 30.1 Å². The smallest absolute Gasteiger partial charge is 0.337 e. The molecule has 0 spiro atoms. The van der Waals surface area contributed by atoms with Gasteiger partial charge in [-0.25, -0.2) is 13.2 Å². The number of nitrogens with zero attached hydrogens (tertiary/aromatic N) is 1. The summed E-state index contributed by atoms with van der Waals surface area (Å²) in [6, 6.07) is 11.6. The van der Waals surface area contributed by atoms with Gasteiger partial charge in [-0.3, -0.25) is 4.79 Å². The molecule has 1 saturated heterocycles. The minimum Gasteiger partial charge on any atom is -0.494 e. The van der Waals surface area contributed by atoms with Gasteiger partial charge in [0.25, 0.3) is 0 Å². The molecule has 8 nitrogen and oxygen atoms in total. The van der Waals surface area contributed by atoms with Crippen LogP contribution in [0.25, 0.3) is 0 Å². The van der Waals surface area contributed by atoms with Crippen LogP contribution in [0.5, 0.6) is 5.75 Å². The van der Waals surface area contributed by atoms with Gasteiger partial charge >= 0.3 is 5.97 Å². The standard InChI is InChI=1S/C21H24N2O6S/c1-3-29-17-10-12-18(13-11-17)30(26,27)23-14-4-5-19(23)20(24)22-16-8-6-15(7-9-16)21(25)28-2/h6-13,19H,3-5,14H2,1-2H3,(H,22,24). The number of rotatable bonds is 7. The van der Waals surface area contributed by atoms with Gasteiger partial charge in [0.05, 0.1) is 24.2 Å². The molecule has 2 aromatic rings. The van der Waals surface area contributed by atoms with Gasteiger partial charge in [-0.1, -0.05) is 0 Å². The number of amides is 1. The molecule has 1 aliphatic rings. The second kappa shape index (κ2) is 9.27. The first-order valence-corrected chi connectivity index (χ1v) is 11.0. The summed E-state index contributed by atoms with van der Waals surface area (Å²) in [5.74, 6) is -0.299. The van der Waals surface area contributed by atoms with Crippen LogP contribution in [-0.4, -0.2) is 50.9 Å². The highest BCUT2D eigenvalue weighted by atomic mass is 32.2. The molecule has 0 bridgehead atoms. The average molecular weight is 432 g/mol. The number of anilines is 1. The van der Waals surface area contributed by atoms with E-state index in [1.54, 1.807) is 24.3 Å². The van der Waals surface area contributed by atoms with Crippen molar-refractivity contribution >= 4 is 27.6 Å². The molecule has 2 aromatic carbocycles. The quantitative estimate of drug-likeness (QED) is 0.675. The number of nitrogens with one attached hydrogen (secondary N) is 1. The molecule has 160 valence electrons. The van der Waals surface area contributed by atoms with E-state index in [1.807, 2.05) is 6.92 Å². The summed E-state index contributed by atoms with van der Waals surface area (Å²) < 4.78 is 37.4. The highest BCUT2D eigenvalue weighted by Gasteiger charge is 2.39. The third-order valence-corrected chi connectivity index (χ3v) is 6.74. The van der Waals surface area contributed by atoms with Crippen LogP contribution in [0.4, 0.5) is 5.69 Å². The molecule has 1 heterocycles. The third kappa shape index (κ3) is 4.63. The first kappa shape index (κ1) is 21.8. The van der Waals surface area contributed by atoms with Crippen molar-refractivity contribution in [3.05, 3.63) is 54.1 Å². The minimum atomic E-state index is -3.82. The zero-order valence-electron chi connectivity index (χ0n) is 16.8. The molecule has 1 N–H and O–H groups in total. The fraction of sp³-hybridized carbons (Fsp3) is 0.333. The van der Waals surface area contributed by atoms with E-state index in [4.69, 9.17) is 4.74 Å². The van der Waals surface area contributed by atoms with E-state index in [-0.39, 0.29) is 11.4 Å². The summed E-state index contributed by atoms with van der Waals surface area (Å²) in [6.45, 7) is 2.61. The van der Waals surface area contributed by atoms with Crippen molar-refractivity contribution in [1.82, 2.24) is 4.31 Å². The van der Waals surface area contributed by atoms with Crippen molar-refractivity contribution in [2.24, 2.45) is 0 Å². The number of carbonyl (C=O) groups excluding carboxylic acids is 2. The Bertz CT molecular complexity index is 1000. The SMILES string of the molecule is CCOc1ccc(S(=O)(=O)N2CCCC2C(=O)Nc2ccc(C(=O)OC)cc2)cc1. The lowest BCUT2D eigenvalue weighted by molar-refractivity contribution is -0.119. The van der Waals surface area contributed by atoms with E-state index in [0.717, 1.165) is 0 Å². The molecule has 1 fully saturated rings. The summed E-state index contributed by atoms with van der Waals surface area (Å²) >= 11 is 0. The van der Waals surface area contributed by atoms with Gasteiger partial charge in [-0.2, -0.15) is 4.31 Å². The van der Waals surface area contributed by atoms with E-state index in [2.05, 4.69) is 10.1 Å². The van der Waals surface area contributed by atoms with E-state index in [9.17, 15) is 18.0 Å². The molecular weight excluding hydrogens is 408 g/mol. The van der Waals surface area contributed by atoms with Crippen molar-refractivity contribution in [1.29, 1.82) is 0 Å². The lowest BCUT2D eigenvalue weighted by Gasteiger charge is -2.23. The second-order valence-electron chi connectivity index (χ2n) is 6.74. The van der Waals surface area contributed by atoms with Gasteiger partial charge in [0.2, 0.25) is 15.9 Å². The number of ether oxygens (including phenoxy) is 2. The number of hydrogen-bond donors (Lipinski definition) is 1. The number of methoxy groups -OCH3 is 1. The van der Waals surface area contributed by atoms with Crippen LogP contribution in [0, 0.1) is 0 Å². The molecule has 9 heteroatoms. The normalized spacial score (nSPS) is 16.8. The van der Waals surface area contributed by atoms with Crippen molar-refractivity contribution in [3.63, 3.8) is 0 Å². The van der Waals surface area contributed by atoms with E-state index >= 15 is 0 Å². The summed E-state index contributed by atoms with van der Waals surface area (Å²) in [5.41, 5.74) is 0.828. The van der Waals surface area contributed by atoms with Crippen LogP contribution in [0.3, 0.4) is 0 Å². The van der Waals surface area contributed by atoms with E-state index in [0.29, 0.717) is 36.4 Å². The maximum Gasteiger partial charge on any atom is 0.337 e. The highest BCUT2D eigenvalue weighted by Crippen LogP contribution is 2.28. The molecular formula is C21H24N2O6S. The Morgan fingerprint density at radius 2 is 1.77 bits per heavy atom. The lowest BCUT2D eigenvalue weighted by Crippen LogP contribution is -2.43. The molecule has 0 aliphatic carbocycles. The molecule has 30 heavy (non-hydrogen) atoms. The largest absolute Gasteiger partial charge is 0.494 e. The molecule has 0 radical (unpaired) electrons. The van der Waals surface area contributed by atoms with Gasteiger partial charge < -0.3 is 14.8 Å². The number of sulfonamides is 1. The van der Waals surface area contributed by atoms with E-state index in [1.165, 1.54) is 35.7 Å². The number of benzene rings is 2. The lowest BCUT2D eigenvalue weighted by atomic mass is 10.2. The number of esters is 1. The van der Waals surface area contributed by atoms with Gasteiger partial charge in [-0.05, 0) is 68.3 Å². The van der Waals surface area contributed by atoms with Crippen molar-refractivity contribution in [2.75, 3.05) is 25.6 Å². The van der Waals surface area contributed by atoms with Crippen LogP contribution in [0.2, 0.25) is 0 Å². The van der Waals surface area contributed by atoms with Crippen molar-refractivity contribution < 1.29 is 27.5 Å². The zero-order chi connectivity index (χ0) is 21.7. The summed E-state index contributed by atoms with van der Waals surface area (Å²) in [6.07, 6.45) is 1.03. The molecule has 1 aliphatic heterocycles. The molecule has 1 amide bonds. The van der Waals surface area contributed by atoms with Crippen molar-refractivity contribution in [2.45, 2.75) is 30.7 Å². The van der Waals surface area contributed by atoms with Crippen LogP contribution in [-0.2, 0) is 19.6 Å². The zero-order valence-corrected chi connectivity index (χ0v) is 17.6. The van der Waals surface area contributed by atoms with Crippen LogP contribution >= 0.6 is 0 Å². The summed E-state index contributed by atoms with van der Waals surface area (Å²) in [4.78, 5) is 24.4. The average Bonchev–Trinajstić information content (AvgIpc) is 3.25. The molecule has 1 unspecified atom stereocenters. The van der Waals surface area contributed by atoms with Gasteiger partial charge in [-0.15, -0.1) is 0 Å². The minimum absolute atomic E-state index is 0.119. The number of carbonyl (C=O) groups is 2. The van der Waals surface area contributed by atoms with E-state index < -0.39 is 27.9 Å². The Kier molecular flexibility index (Phi) is 6.73. The Morgan fingerprint density at radius 3 is 2.37 bits per heavy atom. The molecule has 1 atom stereocenters. The van der Waals surface area contributed by atoms with Crippen molar-refractivity contribution in [3.8, 4) is 5.75 Å². The number of hydrogen-bond acceptors (Lipinski definition) is 6. The Hall–Kier alpha value is -2.91. The fourth-order valence-electron chi connectivity index (χ4n) is 3.33. The van der Waals surface area contributed by atoms with Crippen LogP contribution in [0.15, 0.2) is 53.4 Å². The van der Waals surface area contributed by atoms with Gasteiger partial charge in [0, 0.05) is 12.2 Å². The first-order valence-electron chi connectivity index (χ1n) is 9.60. The van der Waals surface area contributed by atoms with Gasteiger partial charge in [0.1, 0.15) is 11.8 Å². The summed E-state index contributed by atoms with van der Waals surface area (Å²) in [5, 5.41) is 2.73. The molecule has 0 saturated carbocycles. The maximum atomic E-state index is 13.1. The maximum absolute atomic E-state index is 13.1. The molecule has 3 rings (SSSR count). The Labute approximate surface area is 175 Å². The molecule has 0 aromatic heterocycles. The van der Waals surface area contributed by atoms with Gasteiger partial charge in [0.15, 0.2) is 0 Å². The Balaban J connectivity index is 1.74.